The van der Waals surface area contributed by atoms with E-state index in [9.17, 15) is 9.59 Å². The van der Waals surface area contributed by atoms with Crippen LogP contribution in [0, 0.1) is 0 Å². The van der Waals surface area contributed by atoms with Gasteiger partial charge in [-0.3, -0.25) is 0 Å². The molecule has 0 aliphatic carbocycles. The van der Waals surface area contributed by atoms with Gasteiger partial charge in [0.15, 0.2) is 11.4 Å². The summed E-state index contributed by atoms with van der Waals surface area (Å²) in [4.78, 5) is 30.0. The Labute approximate surface area is 92.6 Å². The van der Waals surface area contributed by atoms with Crippen molar-refractivity contribution in [3.63, 3.8) is 0 Å². The lowest BCUT2D eigenvalue weighted by atomic mass is 10.3. The Morgan fingerprint density at radius 1 is 1.06 bits per heavy atom. The van der Waals surface area contributed by atoms with Gasteiger partial charge in [-0.05, 0) is 13.8 Å². The zero-order valence-electron chi connectivity index (χ0n) is 9.10. The van der Waals surface area contributed by atoms with Crippen LogP contribution in [-0.4, -0.2) is 35.1 Å². The van der Waals surface area contributed by atoms with E-state index >= 15 is 0 Å². The minimum atomic E-state index is -0.588. The van der Waals surface area contributed by atoms with E-state index in [-0.39, 0.29) is 24.6 Å². The lowest BCUT2D eigenvalue weighted by Gasteiger charge is -2.03. The van der Waals surface area contributed by atoms with Gasteiger partial charge in [-0.2, -0.15) is 0 Å². The third kappa shape index (κ3) is 3.01. The Morgan fingerprint density at radius 3 is 1.88 bits per heavy atom. The van der Waals surface area contributed by atoms with Crippen LogP contribution < -0.4 is 0 Å². The maximum absolute atomic E-state index is 11.3. The number of carbonyl (C=O) groups is 2. The Bertz CT molecular complexity index is 359. The van der Waals surface area contributed by atoms with E-state index in [1.807, 2.05) is 0 Å². The van der Waals surface area contributed by atoms with Gasteiger partial charge < -0.3 is 9.47 Å². The minimum Gasteiger partial charge on any atom is -0.461 e. The first-order valence-corrected chi connectivity index (χ1v) is 4.85. The summed E-state index contributed by atoms with van der Waals surface area (Å²) >= 11 is 0. The first kappa shape index (κ1) is 12.1. The van der Waals surface area contributed by atoms with Crippen LogP contribution in [-0.2, 0) is 9.47 Å². The second-order valence-corrected chi connectivity index (χ2v) is 2.73. The Morgan fingerprint density at radius 2 is 1.50 bits per heavy atom. The van der Waals surface area contributed by atoms with Gasteiger partial charge in [0.05, 0.1) is 13.2 Å². The molecule has 0 fully saturated rings. The molecule has 0 spiro atoms. The molecule has 1 aromatic heterocycles. The van der Waals surface area contributed by atoms with Gasteiger partial charge >= 0.3 is 11.9 Å². The predicted molar refractivity (Wildman–Crippen MR) is 53.9 cm³/mol. The number of nitrogens with zero attached hydrogens (tertiary/aromatic N) is 2. The van der Waals surface area contributed by atoms with E-state index in [4.69, 9.17) is 9.47 Å². The molecule has 0 unspecified atom stereocenters. The summed E-state index contributed by atoms with van der Waals surface area (Å²) in [5.74, 6) is -1.18. The van der Waals surface area contributed by atoms with Crippen LogP contribution in [0.1, 0.15) is 34.8 Å². The third-order valence-electron chi connectivity index (χ3n) is 1.64. The van der Waals surface area contributed by atoms with Crippen LogP contribution in [0.2, 0.25) is 0 Å². The second-order valence-electron chi connectivity index (χ2n) is 2.73. The van der Waals surface area contributed by atoms with E-state index in [1.54, 1.807) is 13.8 Å². The summed E-state index contributed by atoms with van der Waals surface area (Å²) in [7, 11) is 0. The summed E-state index contributed by atoms with van der Waals surface area (Å²) in [5, 5.41) is 0. The second kappa shape index (κ2) is 5.79. The third-order valence-corrected chi connectivity index (χ3v) is 1.64. The molecule has 0 aromatic carbocycles. The van der Waals surface area contributed by atoms with E-state index in [1.165, 1.54) is 6.07 Å². The molecule has 0 amide bonds. The van der Waals surface area contributed by atoms with Crippen molar-refractivity contribution in [2.45, 2.75) is 13.8 Å². The molecule has 0 saturated heterocycles. The average Bonchev–Trinajstić information content (AvgIpc) is 2.30. The topological polar surface area (TPSA) is 78.4 Å². The number of aromatic nitrogens is 2. The smallest absolute Gasteiger partial charge is 0.357 e. The summed E-state index contributed by atoms with van der Waals surface area (Å²) in [5.41, 5.74) is 0.0832. The molecule has 16 heavy (non-hydrogen) atoms. The maximum Gasteiger partial charge on any atom is 0.357 e. The minimum absolute atomic E-state index is 0.0416. The number of esters is 2. The summed E-state index contributed by atoms with van der Waals surface area (Å²) in [6, 6.07) is 1.25. The Hall–Kier alpha value is -1.98. The molecule has 86 valence electrons. The molecule has 6 nitrogen and oxygen atoms in total. The van der Waals surface area contributed by atoms with Crippen LogP contribution in [0.15, 0.2) is 12.4 Å². The van der Waals surface area contributed by atoms with Crippen LogP contribution in [0.4, 0.5) is 0 Å². The summed E-state index contributed by atoms with van der Waals surface area (Å²) in [6.45, 7) is 3.87. The van der Waals surface area contributed by atoms with Crippen molar-refractivity contribution >= 4 is 11.9 Å². The van der Waals surface area contributed by atoms with Gasteiger partial charge in [0.2, 0.25) is 0 Å². The molecule has 0 radical (unpaired) electrons. The average molecular weight is 224 g/mol. The van der Waals surface area contributed by atoms with Gasteiger partial charge in [0, 0.05) is 6.07 Å². The highest BCUT2D eigenvalue weighted by molar-refractivity contribution is 5.92. The standard InChI is InChI=1S/C10H12N2O4/c1-3-15-9(13)7-5-8(12-6-11-7)10(14)16-4-2/h5-6H,3-4H2,1-2H3. The van der Waals surface area contributed by atoms with Crippen molar-refractivity contribution in [2.75, 3.05) is 13.2 Å². The zero-order chi connectivity index (χ0) is 12.0. The first-order valence-electron chi connectivity index (χ1n) is 4.85. The number of hydrogen-bond donors (Lipinski definition) is 0. The summed E-state index contributed by atoms with van der Waals surface area (Å²) < 4.78 is 9.48. The number of carbonyl (C=O) groups excluding carboxylic acids is 2. The first-order chi connectivity index (χ1) is 7.69. The molecule has 0 N–H and O–H groups in total. The molecule has 1 heterocycles. The zero-order valence-corrected chi connectivity index (χ0v) is 9.10. The van der Waals surface area contributed by atoms with Gasteiger partial charge in [-0.25, -0.2) is 19.6 Å². The van der Waals surface area contributed by atoms with Gasteiger partial charge in [0.1, 0.15) is 6.33 Å². The molecule has 0 aliphatic rings. The molecule has 1 aromatic rings. The van der Waals surface area contributed by atoms with Crippen molar-refractivity contribution in [2.24, 2.45) is 0 Å². The van der Waals surface area contributed by atoms with Gasteiger partial charge in [0.25, 0.3) is 0 Å². The fourth-order valence-corrected chi connectivity index (χ4v) is 0.991. The summed E-state index contributed by atoms with van der Waals surface area (Å²) in [6.07, 6.45) is 1.12. The largest absolute Gasteiger partial charge is 0.461 e. The number of hydrogen-bond acceptors (Lipinski definition) is 6. The Kier molecular flexibility index (Phi) is 4.38. The van der Waals surface area contributed by atoms with Crippen LogP contribution in [0.25, 0.3) is 0 Å². The van der Waals surface area contributed by atoms with Crippen LogP contribution >= 0.6 is 0 Å². The fraction of sp³-hybridized carbons (Fsp3) is 0.400. The molecular weight excluding hydrogens is 212 g/mol. The highest BCUT2D eigenvalue weighted by Gasteiger charge is 2.14. The predicted octanol–water partition coefficient (Wildman–Crippen LogP) is 0.830. The van der Waals surface area contributed by atoms with E-state index in [0.29, 0.717) is 0 Å². The normalized spacial score (nSPS) is 9.62. The molecule has 0 atom stereocenters. The molecule has 6 heteroatoms. The highest BCUT2D eigenvalue weighted by Crippen LogP contribution is 2.02. The highest BCUT2D eigenvalue weighted by atomic mass is 16.5. The fourth-order valence-electron chi connectivity index (χ4n) is 0.991. The van der Waals surface area contributed by atoms with E-state index in [0.717, 1.165) is 6.33 Å². The molecule has 1 rings (SSSR count). The van der Waals surface area contributed by atoms with E-state index < -0.39 is 11.9 Å². The van der Waals surface area contributed by atoms with Crippen molar-refractivity contribution < 1.29 is 19.1 Å². The van der Waals surface area contributed by atoms with Crippen LogP contribution in [0.5, 0.6) is 0 Å². The monoisotopic (exact) mass is 224 g/mol. The van der Waals surface area contributed by atoms with Gasteiger partial charge in [-0.15, -0.1) is 0 Å². The lowest BCUT2D eigenvalue weighted by Crippen LogP contribution is -2.12. The Balaban J connectivity index is 2.86. The van der Waals surface area contributed by atoms with Crippen molar-refractivity contribution in [1.82, 2.24) is 9.97 Å². The molecular formula is C10H12N2O4. The van der Waals surface area contributed by atoms with Gasteiger partial charge in [-0.1, -0.05) is 0 Å². The maximum atomic E-state index is 11.3. The van der Waals surface area contributed by atoms with Crippen LogP contribution in [0.3, 0.4) is 0 Å². The van der Waals surface area contributed by atoms with E-state index in [2.05, 4.69) is 9.97 Å². The number of rotatable bonds is 4. The molecule has 0 aliphatic heterocycles. The lowest BCUT2D eigenvalue weighted by molar-refractivity contribution is 0.0515. The van der Waals surface area contributed by atoms with Crippen molar-refractivity contribution in [3.8, 4) is 0 Å². The molecule has 0 bridgehead atoms. The SMILES string of the molecule is CCOC(=O)c1cc(C(=O)OCC)ncn1. The number of ether oxygens (including phenoxy) is 2. The quantitative estimate of drug-likeness (QED) is 0.705. The van der Waals surface area contributed by atoms with Crippen molar-refractivity contribution in [3.05, 3.63) is 23.8 Å². The van der Waals surface area contributed by atoms with Crippen molar-refractivity contribution in [1.29, 1.82) is 0 Å². The molecule has 0 saturated carbocycles.